The molecule has 1 aromatic heterocycles. The minimum atomic E-state index is -0.326. The predicted molar refractivity (Wildman–Crippen MR) is 82.1 cm³/mol. The van der Waals surface area contributed by atoms with Gasteiger partial charge in [0.05, 0.1) is 15.2 Å². The Morgan fingerprint density at radius 3 is 2.60 bits per heavy atom. The molecule has 2 aromatic rings. The summed E-state index contributed by atoms with van der Waals surface area (Å²) in [5.41, 5.74) is 3.25. The van der Waals surface area contributed by atoms with Crippen molar-refractivity contribution in [1.82, 2.24) is 15.2 Å². The number of rotatable bonds is 3. The van der Waals surface area contributed by atoms with Gasteiger partial charge in [-0.15, -0.1) is 10.2 Å². The van der Waals surface area contributed by atoms with Gasteiger partial charge in [0.25, 0.3) is 5.56 Å². The van der Waals surface area contributed by atoms with Crippen molar-refractivity contribution in [2.24, 2.45) is 5.10 Å². The molecule has 0 atom stereocenters. The highest BCUT2D eigenvalue weighted by atomic mass is 79.9. The van der Waals surface area contributed by atoms with Gasteiger partial charge < -0.3 is 5.11 Å². The second-order valence-corrected chi connectivity index (χ2v) is 5.50. The molecule has 0 saturated heterocycles. The number of H-pyrrole nitrogens is 1. The van der Waals surface area contributed by atoms with Gasteiger partial charge in [-0.25, -0.2) is 5.43 Å². The van der Waals surface area contributed by atoms with Crippen LogP contribution in [0.15, 0.2) is 31.0 Å². The van der Waals surface area contributed by atoms with E-state index in [0.29, 0.717) is 8.95 Å². The average molecular weight is 403 g/mol. The van der Waals surface area contributed by atoms with Gasteiger partial charge in [-0.1, -0.05) is 0 Å². The Morgan fingerprint density at radius 1 is 1.35 bits per heavy atom. The summed E-state index contributed by atoms with van der Waals surface area (Å²) >= 11 is 6.44. The Bertz CT molecular complexity index is 706. The summed E-state index contributed by atoms with van der Waals surface area (Å²) in [6.45, 7) is 1.56. The molecule has 0 fully saturated rings. The highest BCUT2D eigenvalue weighted by Crippen LogP contribution is 2.32. The van der Waals surface area contributed by atoms with E-state index in [-0.39, 0.29) is 23.0 Å². The lowest BCUT2D eigenvalue weighted by Crippen LogP contribution is -2.15. The first kappa shape index (κ1) is 14.7. The van der Waals surface area contributed by atoms with Crippen molar-refractivity contribution < 1.29 is 5.11 Å². The van der Waals surface area contributed by atoms with Crippen LogP contribution in [0.1, 0.15) is 11.3 Å². The second-order valence-electron chi connectivity index (χ2n) is 3.79. The molecule has 9 heteroatoms. The summed E-state index contributed by atoms with van der Waals surface area (Å²) in [4.78, 5) is 13.8. The Kier molecular flexibility index (Phi) is 4.50. The van der Waals surface area contributed by atoms with Crippen LogP contribution in [0, 0.1) is 6.92 Å². The fourth-order valence-electron chi connectivity index (χ4n) is 1.27. The molecule has 2 rings (SSSR count). The highest BCUT2D eigenvalue weighted by Gasteiger charge is 2.04. The van der Waals surface area contributed by atoms with E-state index in [4.69, 9.17) is 0 Å². The largest absolute Gasteiger partial charge is 0.506 e. The van der Waals surface area contributed by atoms with Crippen LogP contribution in [0.3, 0.4) is 0 Å². The predicted octanol–water partition coefficient (Wildman–Crippen LogP) is 2.15. The van der Waals surface area contributed by atoms with Crippen molar-refractivity contribution in [3.8, 4) is 5.75 Å². The molecular weight excluding hydrogens is 394 g/mol. The molecule has 1 aromatic carbocycles. The van der Waals surface area contributed by atoms with Gasteiger partial charge in [0.15, 0.2) is 0 Å². The molecule has 0 spiro atoms. The van der Waals surface area contributed by atoms with Crippen molar-refractivity contribution in [1.29, 1.82) is 0 Å². The number of nitrogens with zero attached hydrogens (tertiary/aromatic N) is 3. The minimum Gasteiger partial charge on any atom is -0.506 e. The molecule has 0 radical (unpaired) electrons. The summed E-state index contributed by atoms with van der Waals surface area (Å²) in [5, 5.41) is 20.9. The van der Waals surface area contributed by atoms with Gasteiger partial charge in [0.2, 0.25) is 5.95 Å². The first-order valence-corrected chi connectivity index (χ1v) is 6.96. The van der Waals surface area contributed by atoms with Crippen LogP contribution >= 0.6 is 31.9 Å². The van der Waals surface area contributed by atoms with Crippen molar-refractivity contribution in [2.45, 2.75) is 6.92 Å². The molecule has 0 aliphatic heterocycles. The number of anilines is 1. The van der Waals surface area contributed by atoms with E-state index < -0.39 is 0 Å². The van der Waals surface area contributed by atoms with Crippen LogP contribution in [-0.4, -0.2) is 26.5 Å². The number of aromatic hydroxyl groups is 1. The number of aryl methyl sites for hydroxylation is 1. The number of phenols is 1. The number of hydrazone groups is 1. The van der Waals surface area contributed by atoms with Gasteiger partial charge >= 0.3 is 0 Å². The lowest BCUT2D eigenvalue weighted by molar-refractivity contribution is 0.468. The van der Waals surface area contributed by atoms with Gasteiger partial charge in [-0.05, 0) is 56.5 Å². The standard InChI is InChI=1S/C11H9Br2N5O2/c1-5-10(20)15-11(18-16-5)17-14-4-6-2-7(12)9(19)8(13)3-6/h2-4,19H,1H3,(H2,15,17,18,20). The topological polar surface area (TPSA) is 103 Å². The third-order valence-corrected chi connectivity index (χ3v) is 3.49. The Morgan fingerprint density at radius 2 is 2.00 bits per heavy atom. The van der Waals surface area contributed by atoms with Gasteiger partial charge in [-0.3, -0.25) is 9.78 Å². The molecular formula is C11H9Br2N5O2. The third kappa shape index (κ3) is 3.42. The van der Waals surface area contributed by atoms with Crippen LogP contribution in [0.2, 0.25) is 0 Å². The highest BCUT2D eigenvalue weighted by molar-refractivity contribution is 9.11. The van der Waals surface area contributed by atoms with Crippen LogP contribution in [-0.2, 0) is 0 Å². The third-order valence-electron chi connectivity index (χ3n) is 2.28. The molecule has 7 nitrogen and oxygen atoms in total. The van der Waals surface area contributed by atoms with E-state index in [0.717, 1.165) is 5.56 Å². The maximum absolute atomic E-state index is 11.3. The smallest absolute Gasteiger partial charge is 0.274 e. The maximum Gasteiger partial charge on any atom is 0.274 e. The van der Waals surface area contributed by atoms with Gasteiger partial charge in [-0.2, -0.15) is 5.10 Å². The van der Waals surface area contributed by atoms with E-state index >= 15 is 0 Å². The number of aromatic amines is 1. The quantitative estimate of drug-likeness (QED) is 0.539. The number of nitrogens with one attached hydrogen (secondary N) is 2. The fourth-order valence-corrected chi connectivity index (χ4v) is 2.49. The monoisotopic (exact) mass is 401 g/mol. The van der Waals surface area contributed by atoms with Crippen molar-refractivity contribution in [2.75, 3.05) is 5.43 Å². The summed E-state index contributed by atoms with van der Waals surface area (Å²) < 4.78 is 1.08. The van der Waals surface area contributed by atoms with E-state index in [1.54, 1.807) is 19.1 Å². The van der Waals surface area contributed by atoms with Crippen LogP contribution in [0.25, 0.3) is 0 Å². The fraction of sp³-hybridized carbons (Fsp3) is 0.0909. The van der Waals surface area contributed by atoms with Crippen LogP contribution in [0.4, 0.5) is 5.95 Å². The lowest BCUT2D eigenvalue weighted by Gasteiger charge is -2.02. The van der Waals surface area contributed by atoms with Crippen molar-refractivity contribution in [3.05, 3.63) is 42.7 Å². The SMILES string of the molecule is Cc1nnc(NN=Cc2cc(Br)c(O)c(Br)c2)[nH]c1=O. The molecule has 0 aliphatic carbocycles. The Labute approximate surface area is 130 Å². The first-order valence-electron chi connectivity index (χ1n) is 5.38. The zero-order chi connectivity index (χ0) is 14.7. The van der Waals surface area contributed by atoms with E-state index in [1.165, 1.54) is 6.21 Å². The number of aromatic nitrogens is 3. The summed E-state index contributed by atoms with van der Waals surface area (Å²) in [7, 11) is 0. The average Bonchev–Trinajstić information content (AvgIpc) is 2.40. The second kappa shape index (κ2) is 6.14. The van der Waals surface area contributed by atoms with Gasteiger partial charge in [0, 0.05) is 0 Å². The van der Waals surface area contributed by atoms with E-state index in [2.05, 4.69) is 57.6 Å². The zero-order valence-electron chi connectivity index (χ0n) is 10.2. The molecule has 0 amide bonds. The summed E-state index contributed by atoms with van der Waals surface area (Å²) in [5.74, 6) is 0.262. The zero-order valence-corrected chi connectivity index (χ0v) is 13.4. The molecule has 0 saturated carbocycles. The summed E-state index contributed by atoms with van der Waals surface area (Å²) in [6.07, 6.45) is 1.51. The maximum atomic E-state index is 11.3. The molecule has 0 bridgehead atoms. The summed E-state index contributed by atoms with van der Waals surface area (Å²) in [6, 6.07) is 3.38. The normalized spacial score (nSPS) is 10.9. The Balaban J connectivity index is 2.14. The Hall–Kier alpha value is -1.74. The molecule has 0 unspecified atom stereocenters. The van der Waals surface area contributed by atoms with Gasteiger partial charge in [0.1, 0.15) is 11.4 Å². The number of benzene rings is 1. The number of phenolic OH excluding ortho intramolecular Hbond substituents is 1. The van der Waals surface area contributed by atoms with Crippen LogP contribution in [0.5, 0.6) is 5.75 Å². The number of halogens is 2. The molecule has 0 aliphatic rings. The van der Waals surface area contributed by atoms with Crippen molar-refractivity contribution >= 4 is 44.0 Å². The molecule has 20 heavy (non-hydrogen) atoms. The first-order chi connectivity index (χ1) is 9.47. The molecule has 104 valence electrons. The minimum absolute atomic E-state index is 0.115. The number of hydrogen-bond acceptors (Lipinski definition) is 6. The van der Waals surface area contributed by atoms with E-state index in [1.807, 2.05) is 0 Å². The van der Waals surface area contributed by atoms with Crippen LogP contribution < -0.4 is 11.0 Å². The lowest BCUT2D eigenvalue weighted by atomic mass is 10.2. The number of hydrogen-bond donors (Lipinski definition) is 3. The molecule has 1 heterocycles. The van der Waals surface area contributed by atoms with E-state index in [9.17, 15) is 9.90 Å². The molecule has 3 N–H and O–H groups in total. The van der Waals surface area contributed by atoms with Crippen molar-refractivity contribution in [3.63, 3.8) is 0 Å².